The molecule has 1 N–H and O–H groups in total. The zero-order valence-electron chi connectivity index (χ0n) is 16.5. The van der Waals surface area contributed by atoms with Gasteiger partial charge in [0.1, 0.15) is 0 Å². The lowest BCUT2D eigenvalue weighted by atomic mass is 10.1. The number of guanidine groups is 1. The molecule has 0 heterocycles. The Morgan fingerprint density at radius 1 is 1.12 bits per heavy atom. The lowest BCUT2D eigenvalue weighted by Crippen LogP contribution is -2.39. The van der Waals surface area contributed by atoms with Crippen molar-refractivity contribution >= 4 is 15.8 Å². The first-order valence-corrected chi connectivity index (χ1v) is 10.6. The summed E-state index contributed by atoms with van der Waals surface area (Å²) in [5.41, 5.74) is 2.52. The molecular formula is C19H33N3O2S. The van der Waals surface area contributed by atoms with E-state index in [1.807, 2.05) is 18.9 Å². The molecule has 25 heavy (non-hydrogen) atoms. The number of hydrogen-bond acceptors (Lipinski definition) is 3. The van der Waals surface area contributed by atoms with E-state index in [1.165, 1.54) is 11.1 Å². The van der Waals surface area contributed by atoms with Gasteiger partial charge < -0.3 is 10.2 Å². The SMILES string of the molecule is CCNC(=NCCS(=O)(=O)C(C)(C)C)N(C)Cc1ccc(CC)cc1. The summed E-state index contributed by atoms with van der Waals surface area (Å²) in [5, 5.41) is 3.23. The van der Waals surface area contributed by atoms with Gasteiger partial charge in [0.2, 0.25) is 0 Å². The van der Waals surface area contributed by atoms with Crippen LogP contribution in [0.2, 0.25) is 0 Å². The van der Waals surface area contributed by atoms with Gasteiger partial charge in [-0.25, -0.2) is 8.42 Å². The molecule has 0 bridgehead atoms. The Hall–Kier alpha value is -1.56. The van der Waals surface area contributed by atoms with Crippen LogP contribution in [-0.2, 0) is 22.8 Å². The Morgan fingerprint density at radius 2 is 1.68 bits per heavy atom. The summed E-state index contributed by atoms with van der Waals surface area (Å²) in [6.07, 6.45) is 1.03. The molecule has 1 rings (SSSR count). The van der Waals surface area contributed by atoms with Crippen molar-refractivity contribution in [3.05, 3.63) is 35.4 Å². The summed E-state index contributed by atoms with van der Waals surface area (Å²) in [7, 11) is -1.19. The molecule has 0 radical (unpaired) electrons. The topological polar surface area (TPSA) is 61.8 Å². The van der Waals surface area contributed by atoms with E-state index in [9.17, 15) is 8.42 Å². The van der Waals surface area contributed by atoms with Gasteiger partial charge in [-0.15, -0.1) is 0 Å². The minimum Gasteiger partial charge on any atom is -0.357 e. The largest absolute Gasteiger partial charge is 0.357 e. The number of aliphatic imine (C=N–C) groups is 1. The van der Waals surface area contributed by atoms with E-state index in [1.54, 1.807) is 20.8 Å². The summed E-state index contributed by atoms with van der Waals surface area (Å²) in [6, 6.07) is 8.54. The van der Waals surface area contributed by atoms with Crippen molar-refractivity contribution in [1.29, 1.82) is 0 Å². The first-order valence-electron chi connectivity index (χ1n) is 8.90. The number of nitrogens with one attached hydrogen (secondary N) is 1. The van der Waals surface area contributed by atoms with Crippen molar-refractivity contribution in [1.82, 2.24) is 10.2 Å². The molecule has 0 atom stereocenters. The quantitative estimate of drug-likeness (QED) is 0.595. The minimum atomic E-state index is -3.15. The molecule has 0 fully saturated rings. The highest BCUT2D eigenvalue weighted by Crippen LogP contribution is 2.15. The predicted octanol–water partition coefficient (Wildman–Crippen LogP) is 2.86. The number of hydrogen-bond donors (Lipinski definition) is 1. The Balaban J connectivity index is 2.76. The molecule has 1 aromatic carbocycles. The van der Waals surface area contributed by atoms with Crippen LogP contribution in [-0.4, -0.2) is 49.9 Å². The van der Waals surface area contributed by atoms with Gasteiger partial charge in [-0.1, -0.05) is 31.2 Å². The number of benzene rings is 1. The van der Waals surface area contributed by atoms with Crippen LogP contribution in [0.4, 0.5) is 0 Å². The van der Waals surface area contributed by atoms with Gasteiger partial charge in [-0.3, -0.25) is 4.99 Å². The molecule has 0 amide bonds. The first-order chi connectivity index (χ1) is 11.6. The van der Waals surface area contributed by atoms with Crippen molar-refractivity contribution < 1.29 is 8.42 Å². The summed E-state index contributed by atoms with van der Waals surface area (Å²) in [5.74, 6) is 0.788. The second kappa shape index (κ2) is 9.22. The highest BCUT2D eigenvalue weighted by atomic mass is 32.2. The van der Waals surface area contributed by atoms with Crippen molar-refractivity contribution in [3.63, 3.8) is 0 Å². The molecule has 6 heteroatoms. The molecule has 0 aliphatic carbocycles. The van der Waals surface area contributed by atoms with Gasteiger partial charge in [0.05, 0.1) is 17.0 Å². The van der Waals surface area contributed by atoms with Crippen molar-refractivity contribution in [3.8, 4) is 0 Å². The van der Waals surface area contributed by atoms with Gasteiger partial charge in [-0.05, 0) is 45.2 Å². The fourth-order valence-corrected chi connectivity index (χ4v) is 3.22. The van der Waals surface area contributed by atoms with Gasteiger partial charge in [0.15, 0.2) is 15.8 Å². The summed E-state index contributed by atoms with van der Waals surface area (Å²) in [6.45, 7) is 11.1. The number of aryl methyl sites for hydroxylation is 1. The van der Waals surface area contributed by atoms with Crippen LogP contribution in [0.1, 0.15) is 45.7 Å². The average molecular weight is 368 g/mol. The third-order valence-electron chi connectivity index (χ3n) is 4.10. The molecule has 0 aliphatic heterocycles. The maximum Gasteiger partial charge on any atom is 0.193 e. The summed E-state index contributed by atoms with van der Waals surface area (Å²) >= 11 is 0. The molecule has 142 valence electrons. The third-order valence-corrected chi connectivity index (χ3v) is 6.69. The molecule has 0 spiro atoms. The van der Waals surface area contributed by atoms with Crippen LogP contribution in [0.5, 0.6) is 0 Å². The Labute approximate surface area is 153 Å². The van der Waals surface area contributed by atoms with Crippen LogP contribution in [0, 0.1) is 0 Å². The zero-order valence-corrected chi connectivity index (χ0v) is 17.3. The van der Waals surface area contributed by atoms with Gasteiger partial charge in [0, 0.05) is 20.1 Å². The van der Waals surface area contributed by atoms with E-state index >= 15 is 0 Å². The third kappa shape index (κ3) is 6.69. The molecule has 0 saturated carbocycles. The van der Waals surface area contributed by atoms with Crippen LogP contribution < -0.4 is 5.32 Å². The number of nitrogens with zero attached hydrogens (tertiary/aromatic N) is 2. The van der Waals surface area contributed by atoms with Crippen molar-refractivity contribution in [2.24, 2.45) is 4.99 Å². The van der Waals surface area contributed by atoms with Crippen molar-refractivity contribution in [2.75, 3.05) is 25.9 Å². The molecule has 0 saturated heterocycles. The van der Waals surface area contributed by atoms with Gasteiger partial charge in [0.25, 0.3) is 0 Å². The normalized spacial score (nSPS) is 13.0. The maximum absolute atomic E-state index is 12.2. The lowest BCUT2D eigenvalue weighted by Gasteiger charge is -2.23. The monoisotopic (exact) mass is 367 g/mol. The second-order valence-corrected chi connectivity index (χ2v) is 10.1. The minimum absolute atomic E-state index is 0.0600. The van der Waals surface area contributed by atoms with E-state index in [0.29, 0.717) is 0 Å². The van der Waals surface area contributed by atoms with E-state index in [4.69, 9.17) is 0 Å². The Bertz CT molecular complexity index is 659. The Morgan fingerprint density at radius 3 is 2.16 bits per heavy atom. The second-order valence-electron chi connectivity index (χ2n) is 7.19. The van der Waals surface area contributed by atoms with Crippen LogP contribution in [0.25, 0.3) is 0 Å². The molecule has 0 unspecified atom stereocenters. The van der Waals surface area contributed by atoms with Gasteiger partial charge >= 0.3 is 0 Å². The van der Waals surface area contributed by atoms with Gasteiger partial charge in [-0.2, -0.15) is 0 Å². The molecule has 5 nitrogen and oxygen atoms in total. The number of rotatable bonds is 7. The highest BCUT2D eigenvalue weighted by molar-refractivity contribution is 7.92. The first kappa shape index (κ1) is 21.5. The maximum atomic E-state index is 12.2. The summed E-state index contributed by atoms with van der Waals surface area (Å²) in [4.78, 5) is 6.52. The van der Waals surface area contributed by atoms with E-state index < -0.39 is 14.6 Å². The predicted molar refractivity (Wildman–Crippen MR) is 107 cm³/mol. The van der Waals surface area contributed by atoms with E-state index in [2.05, 4.69) is 41.5 Å². The highest BCUT2D eigenvalue weighted by Gasteiger charge is 2.28. The molecule has 0 aromatic heterocycles. The molecule has 1 aromatic rings. The number of sulfone groups is 1. The molecule has 0 aliphatic rings. The Kier molecular flexibility index (Phi) is 7.93. The fourth-order valence-electron chi connectivity index (χ4n) is 2.28. The van der Waals surface area contributed by atoms with E-state index in [0.717, 1.165) is 25.5 Å². The molecular weight excluding hydrogens is 334 g/mol. The fraction of sp³-hybridized carbons (Fsp3) is 0.632. The van der Waals surface area contributed by atoms with Crippen molar-refractivity contribution in [2.45, 2.75) is 52.3 Å². The smallest absolute Gasteiger partial charge is 0.193 e. The lowest BCUT2D eigenvalue weighted by molar-refractivity contribution is 0.477. The van der Waals surface area contributed by atoms with Crippen LogP contribution in [0.15, 0.2) is 29.3 Å². The van der Waals surface area contributed by atoms with E-state index in [-0.39, 0.29) is 12.3 Å². The standard InChI is InChI=1S/C19H33N3O2S/c1-7-16-9-11-17(12-10-16)15-22(6)18(20-8-2)21-13-14-25(23,24)19(3,4)5/h9-12H,7-8,13-15H2,1-6H3,(H,20,21). The summed E-state index contributed by atoms with van der Waals surface area (Å²) < 4.78 is 23.7. The average Bonchev–Trinajstić information content (AvgIpc) is 2.53. The van der Waals surface area contributed by atoms with Crippen LogP contribution in [0.3, 0.4) is 0 Å². The zero-order chi connectivity index (χ0) is 19.1. The van der Waals surface area contributed by atoms with Crippen LogP contribution >= 0.6 is 0 Å².